The Bertz CT molecular complexity index is 595. The highest BCUT2D eigenvalue weighted by atomic mass is 19.1. The quantitative estimate of drug-likeness (QED) is 0.857. The van der Waals surface area contributed by atoms with E-state index < -0.39 is 11.8 Å². The highest BCUT2D eigenvalue weighted by Crippen LogP contribution is 2.19. The van der Waals surface area contributed by atoms with Gasteiger partial charge >= 0.3 is 5.97 Å². The smallest absolute Gasteiger partial charge is 0.341 e. The van der Waals surface area contributed by atoms with Crippen molar-refractivity contribution in [3.8, 4) is 5.75 Å². The number of phenols is 1. The zero-order valence-electron chi connectivity index (χ0n) is 10.3. The fourth-order valence-corrected chi connectivity index (χ4v) is 1.62. The number of aromatic nitrogens is 2. The molecule has 6 heteroatoms. The van der Waals surface area contributed by atoms with Crippen molar-refractivity contribution in [1.82, 2.24) is 9.78 Å². The average molecular weight is 264 g/mol. The second kappa shape index (κ2) is 5.51. The van der Waals surface area contributed by atoms with Gasteiger partial charge in [-0.1, -0.05) is 6.07 Å². The van der Waals surface area contributed by atoms with E-state index in [2.05, 4.69) is 5.10 Å². The number of phenolic OH excluding ortho intramolecular Hbond substituents is 1. The van der Waals surface area contributed by atoms with E-state index in [1.54, 1.807) is 6.92 Å². The van der Waals surface area contributed by atoms with Gasteiger partial charge in [0, 0.05) is 17.8 Å². The summed E-state index contributed by atoms with van der Waals surface area (Å²) in [5, 5.41) is 13.6. The summed E-state index contributed by atoms with van der Waals surface area (Å²) in [4.78, 5) is 11.4. The van der Waals surface area contributed by atoms with Crippen LogP contribution in [0.4, 0.5) is 4.39 Å². The van der Waals surface area contributed by atoms with Crippen molar-refractivity contribution in [2.24, 2.45) is 0 Å². The van der Waals surface area contributed by atoms with E-state index in [9.17, 15) is 14.3 Å². The molecule has 0 amide bonds. The first-order valence-corrected chi connectivity index (χ1v) is 5.77. The summed E-state index contributed by atoms with van der Waals surface area (Å²) in [5.74, 6) is -1.10. The lowest BCUT2D eigenvalue weighted by Gasteiger charge is -2.04. The fourth-order valence-electron chi connectivity index (χ4n) is 1.62. The number of hydrogen-bond acceptors (Lipinski definition) is 4. The molecule has 0 unspecified atom stereocenters. The number of rotatable bonds is 4. The van der Waals surface area contributed by atoms with Gasteiger partial charge in [0.2, 0.25) is 0 Å². The van der Waals surface area contributed by atoms with Gasteiger partial charge in [0.25, 0.3) is 0 Å². The van der Waals surface area contributed by atoms with E-state index in [1.165, 1.54) is 29.2 Å². The second-order valence-electron chi connectivity index (χ2n) is 3.92. The molecule has 2 rings (SSSR count). The Hall–Kier alpha value is -2.37. The zero-order chi connectivity index (χ0) is 13.8. The number of esters is 1. The van der Waals surface area contributed by atoms with Crippen LogP contribution < -0.4 is 0 Å². The van der Waals surface area contributed by atoms with E-state index >= 15 is 0 Å². The summed E-state index contributed by atoms with van der Waals surface area (Å²) in [6.07, 6.45) is 2.90. The van der Waals surface area contributed by atoms with Crippen molar-refractivity contribution in [2.75, 3.05) is 6.61 Å². The number of benzene rings is 1. The van der Waals surface area contributed by atoms with E-state index in [-0.39, 0.29) is 12.3 Å². The van der Waals surface area contributed by atoms with Gasteiger partial charge in [-0.2, -0.15) is 5.10 Å². The Morgan fingerprint density at radius 2 is 2.32 bits per heavy atom. The van der Waals surface area contributed by atoms with E-state index in [0.717, 1.165) is 6.07 Å². The van der Waals surface area contributed by atoms with E-state index in [4.69, 9.17) is 4.74 Å². The average Bonchev–Trinajstić information content (AvgIpc) is 2.82. The van der Waals surface area contributed by atoms with Crippen molar-refractivity contribution in [1.29, 1.82) is 0 Å². The summed E-state index contributed by atoms with van der Waals surface area (Å²) in [7, 11) is 0. The molecule has 1 N–H and O–H groups in total. The Labute approximate surface area is 109 Å². The molecule has 0 bridgehead atoms. The van der Waals surface area contributed by atoms with Crippen LogP contribution in [0.2, 0.25) is 0 Å². The monoisotopic (exact) mass is 264 g/mol. The molecule has 100 valence electrons. The lowest BCUT2D eigenvalue weighted by molar-refractivity contribution is 0.0526. The number of aromatic hydroxyl groups is 1. The van der Waals surface area contributed by atoms with Crippen LogP contribution in [0.15, 0.2) is 30.6 Å². The molecule has 0 atom stereocenters. The van der Waals surface area contributed by atoms with Crippen LogP contribution in [0.25, 0.3) is 0 Å². The minimum Gasteiger partial charge on any atom is -0.507 e. The first-order chi connectivity index (χ1) is 9.10. The third-order valence-corrected chi connectivity index (χ3v) is 2.52. The fraction of sp³-hybridized carbons (Fsp3) is 0.231. The van der Waals surface area contributed by atoms with Gasteiger partial charge in [-0.3, -0.25) is 4.68 Å². The molecule has 0 aliphatic heterocycles. The van der Waals surface area contributed by atoms with Crippen molar-refractivity contribution >= 4 is 5.97 Å². The first-order valence-electron chi connectivity index (χ1n) is 5.77. The largest absolute Gasteiger partial charge is 0.507 e. The van der Waals surface area contributed by atoms with Gasteiger partial charge in [0.15, 0.2) is 0 Å². The minimum atomic E-state index is -0.506. The van der Waals surface area contributed by atoms with Crippen LogP contribution in [-0.4, -0.2) is 27.5 Å². The van der Waals surface area contributed by atoms with Gasteiger partial charge in [0.05, 0.1) is 24.9 Å². The van der Waals surface area contributed by atoms with Crippen LogP contribution in [0.1, 0.15) is 22.8 Å². The van der Waals surface area contributed by atoms with Crippen LogP contribution in [0, 0.1) is 5.82 Å². The maximum Gasteiger partial charge on any atom is 0.341 e. The van der Waals surface area contributed by atoms with Crippen LogP contribution >= 0.6 is 0 Å². The molecular weight excluding hydrogens is 251 g/mol. The number of hydrogen-bond donors (Lipinski definition) is 1. The molecule has 0 saturated heterocycles. The highest BCUT2D eigenvalue weighted by molar-refractivity contribution is 5.88. The standard InChI is InChI=1S/C13H13FN2O3/c1-2-19-13(18)10-6-15-16(8-10)7-9-3-4-11(14)5-12(9)17/h3-6,8,17H,2,7H2,1H3. The van der Waals surface area contributed by atoms with Gasteiger partial charge < -0.3 is 9.84 Å². The molecule has 0 radical (unpaired) electrons. The Morgan fingerprint density at radius 1 is 1.53 bits per heavy atom. The molecule has 0 aliphatic rings. The maximum absolute atomic E-state index is 12.8. The maximum atomic E-state index is 12.8. The molecule has 1 heterocycles. The summed E-state index contributed by atoms with van der Waals surface area (Å²) >= 11 is 0. The predicted octanol–water partition coefficient (Wildman–Crippen LogP) is 1.95. The molecule has 19 heavy (non-hydrogen) atoms. The second-order valence-corrected chi connectivity index (χ2v) is 3.92. The summed E-state index contributed by atoms with van der Waals surface area (Å²) in [6, 6.07) is 3.76. The third-order valence-electron chi connectivity index (χ3n) is 2.52. The van der Waals surface area contributed by atoms with E-state index in [1.807, 2.05) is 0 Å². The van der Waals surface area contributed by atoms with Gasteiger partial charge in [-0.05, 0) is 13.0 Å². The van der Waals surface area contributed by atoms with Crippen molar-refractivity contribution in [3.05, 3.63) is 47.5 Å². The molecule has 0 fully saturated rings. The van der Waals surface area contributed by atoms with Crippen molar-refractivity contribution in [2.45, 2.75) is 13.5 Å². The van der Waals surface area contributed by atoms with Crippen molar-refractivity contribution in [3.63, 3.8) is 0 Å². The predicted molar refractivity (Wildman–Crippen MR) is 65.4 cm³/mol. The lowest BCUT2D eigenvalue weighted by Crippen LogP contribution is -2.04. The molecule has 1 aromatic heterocycles. The Morgan fingerprint density at radius 3 is 3.00 bits per heavy atom. The Balaban J connectivity index is 2.13. The van der Waals surface area contributed by atoms with Crippen LogP contribution in [0.5, 0.6) is 5.75 Å². The minimum absolute atomic E-state index is 0.145. The topological polar surface area (TPSA) is 64.3 Å². The third kappa shape index (κ3) is 3.09. The number of ether oxygens (including phenoxy) is 1. The number of halogens is 1. The van der Waals surface area contributed by atoms with Crippen LogP contribution in [-0.2, 0) is 11.3 Å². The number of carbonyl (C=O) groups is 1. The van der Waals surface area contributed by atoms with Gasteiger partial charge in [0.1, 0.15) is 11.6 Å². The van der Waals surface area contributed by atoms with E-state index in [0.29, 0.717) is 17.7 Å². The first kappa shape index (κ1) is 13.1. The van der Waals surface area contributed by atoms with Crippen LogP contribution in [0.3, 0.4) is 0 Å². The summed E-state index contributed by atoms with van der Waals surface area (Å²) < 4.78 is 19.1. The molecule has 2 aromatic rings. The SMILES string of the molecule is CCOC(=O)c1cnn(Cc2ccc(F)cc2O)c1. The normalized spacial score (nSPS) is 10.4. The molecule has 0 spiro atoms. The molecule has 5 nitrogen and oxygen atoms in total. The highest BCUT2D eigenvalue weighted by Gasteiger charge is 2.10. The van der Waals surface area contributed by atoms with Crippen molar-refractivity contribution < 1.29 is 19.0 Å². The lowest BCUT2D eigenvalue weighted by atomic mass is 10.2. The summed E-state index contributed by atoms with van der Waals surface area (Å²) in [6.45, 7) is 2.26. The van der Waals surface area contributed by atoms with Gasteiger partial charge in [-0.15, -0.1) is 0 Å². The Kier molecular flexibility index (Phi) is 3.79. The summed E-state index contributed by atoms with van der Waals surface area (Å²) in [5.41, 5.74) is 0.850. The zero-order valence-corrected chi connectivity index (χ0v) is 10.3. The van der Waals surface area contributed by atoms with Gasteiger partial charge in [-0.25, -0.2) is 9.18 Å². The number of nitrogens with zero attached hydrogens (tertiary/aromatic N) is 2. The molecule has 0 saturated carbocycles. The molecule has 1 aromatic carbocycles. The molecule has 0 aliphatic carbocycles. The molecular formula is C13H13FN2O3. The number of carbonyl (C=O) groups excluding carboxylic acids is 1.